The van der Waals surface area contributed by atoms with Crippen LogP contribution in [0.1, 0.15) is 19.8 Å². The Hall–Kier alpha value is -2.03. The number of fused-ring (bicyclic) bond motifs is 1. The quantitative estimate of drug-likeness (QED) is 0.564. The third-order valence-corrected chi connectivity index (χ3v) is 4.03. The van der Waals surface area contributed by atoms with Crippen molar-refractivity contribution in [1.29, 1.82) is 5.26 Å². The molecule has 0 aromatic heterocycles. The van der Waals surface area contributed by atoms with Crippen LogP contribution in [-0.2, 0) is 14.3 Å². The number of rotatable bonds is 2. The number of ether oxygens (including phenoxy) is 2. The maximum absolute atomic E-state index is 12.2. The summed E-state index contributed by atoms with van der Waals surface area (Å²) in [7, 11) is 1.30. The molecule has 1 heterocycles. The van der Waals surface area contributed by atoms with Gasteiger partial charge >= 0.3 is 12.1 Å². The maximum Gasteiger partial charge on any atom is 0.410 e. The summed E-state index contributed by atoms with van der Waals surface area (Å²) >= 11 is 0. The molecular formula is C14H18N2O4. The summed E-state index contributed by atoms with van der Waals surface area (Å²) in [5, 5.41) is 8.85. The lowest BCUT2D eigenvalue weighted by Crippen LogP contribution is -2.44. The smallest absolute Gasteiger partial charge is 0.410 e. The second-order valence-corrected chi connectivity index (χ2v) is 4.99. The summed E-state index contributed by atoms with van der Waals surface area (Å²) in [6, 6.07) is 1.35. The standard InChI is InChI=1S/C14H18N2O4/c1-3-20-13(17)12-11-9(6-7-15)4-5-10(11)8-16(12)14(18)19-2/h6,10-12H,3-5,8H2,1-2H3/b9-6+. The average molecular weight is 278 g/mol. The van der Waals surface area contributed by atoms with Gasteiger partial charge in [0.15, 0.2) is 0 Å². The van der Waals surface area contributed by atoms with Gasteiger partial charge in [0.05, 0.1) is 19.8 Å². The second-order valence-electron chi connectivity index (χ2n) is 4.99. The van der Waals surface area contributed by atoms with Crippen molar-refractivity contribution < 1.29 is 19.1 Å². The molecule has 0 aromatic rings. The van der Waals surface area contributed by atoms with E-state index >= 15 is 0 Å². The zero-order valence-corrected chi connectivity index (χ0v) is 11.7. The molecule has 0 aromatic carbocycles. The summed E-state index contributed by atoms with van der Waals surface area (Å²) in [6.07, 6.45) is 2.65. The molecule has 3 unspecified atom stereocenters. The maximum atomic E-state index is 12.2. The Morgan fingerprint density at radius 2 is 2.30 bits per heavy atom. The fraction of sp³-hybridized carbons (Fsp3) is 0.643. The molecule has 1 saturated heterocycles. The molecule has 108 valence electrons. The van der Waals surface area contributed by atoms with Gasteiger partial charge in [-0.25, -0.2) is 9.59 Å². The Labute approximate surface area is 117 Å². The number of hydrogen-bond acceptors (Lipinski definition) is 5. The topological polar surface area (TPSA) is 79.6 Å². The van der Waals surface area contributed by atoms with Crippen LogP contribution in [0.4, 0.5) is 4.79 Å². The van der Waals surface area contributed by atoms with Gasteiger partial charge in [0.2, 0.25) is 0 Å². The van der Waals surface area contributed by atoms with Gasteiger partial charge < -0.3 is 9.47 Å². The molecule has 2 aliphatic rings. The minimum atomic E-state index is -0.672. The van der Waals surface area contributed by atoms with E-state index in [1.165, 1.54) is 18.1 Å². The highest BCUT2D eigenvalue weighted by molar-refractivity contribution is 5.83. The van der Waals surface area contributed by atoms with E-state index in [1.54, 1.807) is 6.92 Å². The molecule has 0 N–H and O–H groups in total. The summed E-state index contributed by atoms with van der Waals surface area (Å²) in [5.41, 5.74) is 0.932. The van der Waals surface area contributed by atoms with Crippen molar-refractivity contribution in [3.05, 3.63) is 11.6 Å². The third-order valence-electron chi connectivity index (χ3n) is 4.03. The number of nitriles is 1. The minimum Gasteiger partial charge on any atom is -0.464 e. The molecule has 0 spiro atoms. The molecular weight excluding hydrogens is 260 g/mol. The van der Waals surface area contributed by atoms with Crippen molar-refractivity contribution in [2.24, 2.45) is 11.8 Å². The van der Waals surface area contributed by atoms with E-state index in [2.05, 4.69) is 0 Å². The monoisotopic (exact) mass is 278 g/mol. The van der Waals surface area contributed by atoms with Crippen molar-refractivity contribution in [3.63, 3.8) is 0 Å². The molecule has 1 aliphatic heterocycles. The van der Waals surface area contributed by atoms with Gasteiger partial charge in [-0.3, -0.25) is 4.90 Å². The van der Waals surface area contributed by atoms with Crippen molar-refractivity contribution in [3.8, 4) is 6.07 Å². The zero-order chi connectivity index (χ0) is 14.7. The number of likely N-dealkylation sites (tertiary alicyclic amines) is 1. The summed E-state index contributed by atoms with van der Waals surface area (Å²) in [6.45, 7) is 2.47. The number of carbonyl (C=O) groups excluding carboxylic acids is 2. The van der Waals surface area contributed by atoms with E-state index in [1.807, 2.05) is 6.07 Å². The first-order chi connectivity index (χ1) is 9.63. The Morgan fingerprint density at radius 3 is 2.90 bits per heavy atom. The van der Waals surface area contributed by atoms with Crippen LogP contribution in [0.15, 0.2) is 11.6 Å². The van der Waals surface area contributed by atoms with E-state index in [4.69, 9.17) is 14.7 Å². The van der Waals surface area contributed by atoms with Crippen molar-refractivity contribution in [2.45, 2.75) is 25.8 Å². The molecule has 2 fully saturated rings. The second kappa shape index (κ2) is 5.95. The predicted octanol–water partition coefficient (Wildman–Crippen LogP) is 1.48. The molecule has 20 heavy (non-hydrogen) atoms. The number of nitrogens with zero attached hydrogens (tertiary/aromatic N) is 2. The average Bonchev–Trinajstić information content (AvgIpc) is 2.98. The Balaban J connectivity index is 2.31. The molecule has 0 bridgehead atoms. The van der Waals surface area contributed by atoms with Crippen molar-refractivity contribution >= 4 is 12.1 Å². The Morgan fingerprint density at radius 1 is 1.55 bits per heavy atom. The molecule has 1 aliphatic carbocycles. The van der Waals surface area contributed by atoms with Crippen LogP contribution in [0.5, 0.6) is 0 Å². The fourth-order valence-corrected chi connectivity index (χ4v) is 3.28. The SMILES string of the molecule is CCOC(=O)C1C2/C(=C/C#N)CCC2CN1C(=O)OC. The van der Waals surface area contributed by atoms with E-state index in [0.717, 1.165) is 18.4 Å². The van der Waals surface area contributed by atoms with Gasteiger partial charge in [0, 0.05) is 18.5 Å². The number of amides is 1. The Bertz CT molecular complexity index is 480. The summed E-state index contributed by atoms with van der Waals surface area (Å²) < 4.78 is 9.83. The third kappa shape index (κ3) is 2.36. The molecule has 0 radical (unpaired) electrons. The number of esters is 1. The van der Waals surface area contributed by atoms with Gasteiger partial charge in [0.25, 0.3) is 0 Å². The number of hydrogen-bond donors (Lipinski definition) is 0. The zero-order valence-electron chi connectivity index (χ0n) is 11.7. The molecule has 2 rings (SSSR count). The van der Waals surface area contributed by atoms with Gasteiger partial charge in [-0.1, -0.05) is 5.57 Å². The normalized spacial score (nSPS) is 29.9. The van der Waals surface area contributed by atoms with Gasteiger partial charge in [-0.2, -0.15) is 5.26 Å². The number of methoxy groups -OCH3 is 1. The van der Waals surface area contributed by atoms with Crippen LogP contribution < -0.4 is 0 Å². The lowest BCUT2D eigenvalue weighted by molar-refractivity contribution is -0.148. The molecule has 3 atom stereocenters. The van der Waals surface area contributed by atoms with E-state index in [-0.39, 0.29) is 18.4 Å². The van der Waals surface area contributed by atoms with E-state index in [0.29, 0.717) is 6.54 Å². The molecule has 1 saturated carbocycles. The first-order valence-corrected chi connectivity index (χ1v) is 6.73. The molecule has 6 nitrogen and oxygen atoms in total. The molecule has 1 amide bonds. The highest BCUT2D eigenvalue weighted by atomic mass is 16.6. The summed E-state index contributed by atoms with van der Waals surface area (Å²) in [4.78, 5) is 25.5. The largest absolute Gasteiger partial charge is 0.464 e. The van der Waals surface area contributed by atoms with Crippen LogP contribution in [-0.4, -0.2) is 43.3 Å². The van der Waals surface area contributed by atoms with Crippen molar-refractivity contribution in [2.75, 3.05) is 20.3 Å². The Kier molecular flexibility index (Phi) is 4.28. The predicted molar refractivity (Wildman–Crippen MR) is 69.4 cm³/mol. The van der Waals surface area contributed by atoms with Crippen LogP contribution in [0.2, 0.25) is 0 Å². The number of carbonyl (C=O) groups is 2. The van der Waals surface area contributed by atoms with Crippen molar-refractivity contribution in [1.82, 2.24) is 4.90 Å². The van der Waals surface area contributed by atoms with Gasteiger partial charge in [-0.05, 0) is 25.7 Å². The lowest BCUT2D eigenvalue weighted by Gasteiger charge is -2.25. The van der Waals surface area contributed by atoms with Gasteiger partial charge in [-0.15, -0.1) is 0 Å². The summed E-state index contributed by atoms with van der Waals surface area (Å²) in [5.74, 6) is -0.341. The highest BCUT2D eigenvalue weighted by Gasteiger charge is 2.52. The molecule has 6 heteroatoms. The fourth-order valence-electron chi connectivity index (χ4n) is 3.28. The van der Waals surface area contributed by atoms with Crippen LogP contribution >= 0.6 is 0 Å². The highest BCUT2D eigenvalue weighted by Crippen LogP contribution is 2.46. The van der Waals surface area contributed by atoms with Crippen LogP contribution in [0.25, 0.3) is 0 Å². The number of allylic oxidation sites excluding steroid dienone is 1. The van der Waals surface area contributed by atoms with Crippen LogP contribution in [0, 0.1) is 23.2 Å². The first kappa shape index (κ1) is 14.4. The van der Waals surface area contributed by atoms with Crippen LogP contribution in [0.3, 0.4) is 0 Å². The van der Waals surface area contributed by atoms with E-state index in [9.17, 15) is 9.59 Å². The van der Waals surface area contributed by atoms with E-state index < -0.39 is 18.1 Å². The minimum absolute atomic E-state index is 0.118. The lowest BCUT2D eigenvalue weighted by atomic mass is 9.90. The first-order valence-electron chi connectivity index (χ1n) is 6.73. The van der Waals surface area contributed by atoms with Gasteiger partial charge in [0.1, 0.15) is 6.04 Å².